The van der Waals surface area contributed by atoms with E-state index in [1.807, 2.05) is 24.3 Å². The van der Waals surface area contributed by atoms with E-state index in [4.69, 9.17) is 4.74 Å². The van der Waals surface area contributed by atoms with E-state index in [1.165, 1.54) is 0 Å². The number of benzene rings is 1. The maximum absolute atomic E-state index is 5.95. The number of rotatable bonds is 7. The van der Waals surface area contributed by atoms with Crippen LogP contribution in [0.25, 0.3) is 0 Å². The molecule has 1 aromatic carbocycles. The van der Waals surface area contributed by atoms with Crippen LogP contribution in [0.3, 0.4) is 0 Å². The number of nitrogens with one attached hydrogen (secondary N) is 1. The van der Waals surface area contributed by atoms with E-state index in [2.05, 4.69) is 35.1 Å². The highest BCUT2D eigenvalue weighted by atomic mass is 79.9. The normalized spacial score (nSPS) is 12.4. The van der Waals surface area contributed by atoms with Crippen molar-refractivity contribution >= 4 is 15.9 Å². The summed E-state index contributed by atoms with van der Waals surface area (Å²) in [5.41, 5.74) is 0. The Bertz CT molecular complexity index is 304. The van der Waals surface area contributed by atoms with Gasteiger partial charge in [-0.1, -0.05) is 42.3 Å². The van der Waals surface area contributed by atoms with Gasteiger partial charge < -0.3 is 10.1 Å². The molecular formula is C13H20BrNO. The van der Waals surface area contributed by atoms with Gasteiger partial charge in [-0.15, -0.1) is 0 Å². The predicted octanol–water partition coefficient (Wildman–Crippen LogP) is 3.61. The molecule has 1 unspecified atom stereocenters. The highest BCUT2D eigenvalue weighted by Crippen LogP contribution is 2.19. The third-order valence-electron chi connectivity index (χ3n) is 2.33. The number of likely N-dealkylation sites (N-methyl/N-ethyl adjacent to an activating group) is 1. The third-order valence-corrected chi connectivity index (χ3v) is 2.82. The van der Waals surface area contributed by atoms with Crippen molar-refractivity contribution < 1.29 is 4.74 Å². The molecule has 2 nitrogen and oxygen atoms in total. The van der Waals surface area contributed by atoms with Crippen molar-refractivity contribution in [1.29, 1.82) is 0 Å². The minimum atomic E-state index is 0.263. The fraction of sp³-hybridized carbons (Fsp3) is 0.538. The van der Waals surface area contributed by atoms with Gasteiger partial charge in [0, 0.05) is 11.0 Å². The van der Waals surface area contributed by atoms with E-state index in [9.17, 15) is 0 Å². The Balaban J connectivity index is 2.52. The molecule has 0 radical (unpaired) electrons. The molecule has 0 fully saturated rings. The smallest absolute Gasteiger partial charge is 0.120 e. The number of ether oxygens (including phenoxy) is 1. The summed E-state index contributed by atoms with van der Waals surface area (Å²) in [4.78, 5) is 0. The van der Waals surface area contributed by atoms with Gasteiger partial charge in [-0.3, -0.25) is 0 Å². The average Bonchev–Trinajstić information content (AvgIpc) is 2.26. The quantitative estimate of drug-likeness (QED) is 0.826. The zero-order valence-corrected chi connectivity index (χ0v) is 11.6. The molecule has 0 aliphatic carbocycles. The van der Waals surface area contributed by atoms with Gasteiger partial charge in [0.1, 0.15) is 11.9 Å². The molecule has 90 valence electrons. The Morgan fingerprint density at radius 2 is 2.19 bits per heavy atom. The van der Waals surface area contributed by atoms with E-state index in [-0.39, 0.29) is 6.10 Å². The van der Waals surface area contributed by atoms with Gasteiger partial charge in [0.25, 0.3) is 0 Å². The fourth-order valence-electron chi connectivity index (χ4n) is 1.56. The van der Waals surface area contributed by atoms with Crippen molar-refractivity contribution in [3.05, 3.63) is 28.7 Å². The van der Waals surface area contributed by atoms with Crippen molar-refractivity contribution in [1.82, 2.24) is 5.32 Å². The first-order valence-electron chi connectivity index (χ1n) is 5.89. The molecule has 1 atom stereocenters. The minimum absolute atomic E-state index is 0.263. The first-order valence-corrected chi connectivity index (χ1v) is 6.68. The summed E-state index contributed by atoms with van der Waals surface area (Å²) >= 11 is 3.45. The summed E-state index contributed by atoms with van der Waals surface area (Å²) < 4.78 is 7.00. The highest BCUT2D eigenvalue weighted by molar-refractivity contribution is 9.10. The predicted molar refractivity (Wildman–Crippen MR) is 72.0 cm³/mol. The molecule has 16 heavy (non-hydrogen) atoms. The summed E-state index contributed by atoms with van der Waals surface area (Å²) in [7, 11) is 0. The van der Waals surface area contributed by atoms with E-state index >= 15 is 0 Å². The second kappa shape index (κ2) is 7.69. The van der Waals surface area contributed by atoms with Crippen LogP contribution in [0.1, 0.15) is 26.7 Å². The molecule has 0 saturated carbocycles. The lowest BCUT2D eigenvalue weighted by Crippen LogP contribution is -2.31. The topological polar surface area (TPSA) is 21.3 Å². The van der Waals surface area contributed by atoms with E-state index < -0.39 is 0 Å². The summed E-state index contributed by atoms with van der Waals surface area (Å²) in [6, 6.07) is 8.01. The van der Waals surface area contributed by atoms with E-state index in [1.54, 1.807) is 0 Å². The van der Waals surface area contributed by atoms with Gasteiger partial charge in [-0.25, -0.2) is 0 Å². The molecule has 3 heteroatoms. The zero-order chi connectivity index (χ0) is 11.8. The number of hydrogen-bond acceptors (Lipinski definition) is 2. The summed E-state index contributed by atoms with van der Waals surface area (Å²) in [5, 5.41) is 3.33. The minimum Gasteiger partial charge on any atom is -0.489 e. The first-order chi connectivity index (χ1) is 7.76. The third kappa shape index (κ3) is 4.99. The maximum Gasteiger partial charge on any atom is 0.120 e. The SMILES string of the molecule is CCCC(CNCC)Oc1cccc(Br)c1. The van der Waals surface area contributed by atoms with Crippen LogP contribution in [0, 0.1) is 0 Å². The van der Waals surface area contributed by atoms with Crippen molar-refractivity contribution in [2.75, 3.05) is 13.1 Å². The number of hydrogen-bond donors (Lipinski definition) is 1. The molecular weight excluding hydrogens is 266 g/mol. The van der Waals surface area contributed by atoms with E-state index in [0.717, 1.165) is 36.2 Å². The van der Waals surface area contributed by atoms with Gasteiger partial charge in [0.15, 0.2) is 0 Å². The molecule has 0 bridgehead atoms. The van der Waals surface area contributed by atoms with Crippen LogP contribution in [0.2, 0.25) is 0 Å². The van der Waals surface area contributed by atoms with Crippen LogP contribution in [-0.2, 0) is 0 Å². The molecule has 0 aliphatic heterocycles. The van der Waals surface area contributed by atoms with Crippen molar-refractivity contribution in [2.24, 2.45) is 0 Å². The van der Waals surface area contributed by atoms with Crippen molar-refractivity contribution in [2.45, 2.75) is 32.8 Å². The monoisotopic (exact) mass is 285 g/mol. The van der Waals surface area contributed by atoms with Crippen molar-refractivity contribution in [3.63, 3.8) is 0 Å². The zero-order valence-electron chi connectivity index (χ0n) is 10.0. The molecule has 0 heterocycles. The molecule has 1 aromatic rings. The summed E-state index contributed by atoms with van der Waals surface area (Å²) in [5.74, 6) is 0.936. The van der Waals surface area contributed by atoms with Crippen LogP contribution < -0.4 is 10.1 Å². The van der Waals surface area contributed by atoms with Crippen LogP contribution >= 0.6 is 15.9 Å². The fourth-order valence-corrected chi connectivity index (χ4v) is 1.94. The van der Waals surface area contributed by atoms with Crippen molar-refractivity contribution in [3.8, 4) is 5.75 Å². The first kappa shape index (κ1) is 13.5. The number of halogens is 1. The largest absolute Gasteiger partial charge is 0.489 e. The second-order valence-electron chi connectivity index (χ2n) is 3.79. The molecule has 0 aromatic heterocycles. The van der Waals surface area contributed by atoms with Gasteiger partial charge in [-0.05, 0) is 31.2 Å². The van der Waals surface area contributed by atoms with E-state index in [0.29, 0.717) is 0 Å². The molecule has 1 N–H and O–H groups in total. The second-order valence-corrected chi connectivity index (χ2v) is 4.71. The standard InChI is InChI=1S/C13H20BrNO/c1-3-6-13(10-15-4-2)16-12-8-5-7-11(14)9-12/h5,7-9,13,15H,3-4,6,10H2,1-2H3. The molecule has 0 saturated heterocycles. The van der Waals surface area contributed by atoms with Gasteiger partial charge >= 0.3 is 0 Å². The lowest BCUT2D eigenvalue weighted by Gasteiger charge is -2.19. The summed E-state index contributed by atoms with van der Waals surface area (Å²) in [6.45, 7) is 6.20. The Kier molecular flexibility index (Phi) is 6.50. The maximum atomic E-state index is 5.95. The van der Waals surface area contributed by atoms with Crippen LogP contribution in [0.15, 0.2) is 28.7 Å². The van der Waals surface area contributed by atoms with Gasteiger partial charge in [0.05, 0.1) is 0 Å². The Labute approximate surface area is 107 Å². The Morgan fingerprint density at radius 1 is 1.38 bits per heavy atom. The van der Waals surface area contributed by atoms with Crippen LogP contribution in [0.5, 0.6) is 5.75 Å². The van der Waals surface area contributed by atoms with Gasteiger partial charge in [-0.2, -0.15) is 0 Å². The molecule has 1 rings (SSSR count). The van der Waals surface area contributed by atoms with Crippen LogP contribution in [0.4, 0.5) is 0 Å². The Hall–Kier alpha value is -0.540. The Morgan fingerprint density at radius 3 is 2.81 bits per heavy atom. The van der Waals surface area contributed by atoms with Gasteiger partial charge in [0.2, 0.25) is 0 Å². The summed E-state index contributed by atoms with van der Waals surface area (Å²) in [6.07, 6.45) is 2.49. The highest BCUT2D eigenvalue weighted by Gasteiger charge is 2.08. The molecule has 0 spiro atoms. The lowest BCUT2D eigenvalue weighted by atomic mass is 10.2. The lowest BCUT2D eigenvalue weighted by molar-refractivity contribution is 0.187. The average molecular weight is 286 g/mol. The van der Waals surface area contributed by atoms with Crippen LogP contribution in [-0.4, -0.2) is 19.2 Å². The molecule has 0 aliphatic rings. The molecule has 0 amide bonds.